The van der Waals surface area contributed by atoms with Gasteiger partial charge in [-0.05, 0) is 91.8 Å². The molecule has 4 bridgehead atoms. The van der Waals surface area contributed by atoms with Crippen LogP contribution in [0.4, 0.5) is 4.39 Å². The summed E-state index contributed by atoms with van der Waals surface area (Å²) in [6.45, 7) is 5.96. The zero-order chi connectivity index (χ0) is 36.3. The fourth-order valence-electron chi connectivity index (χ4n) is 7.62. The summed E-state index contributed by atoms with van der Waals surface area (Å²) in [7, 11) is -3.85. The van der Waals surface area contributed by atoms with E-state index in [-0.39, 0.29) is 22.8 Å². The Balaban J connectivity index is 1.36. The van der Waals surface area contributed by atoms with Gasteiger partial charge >= 0.3 is 5.97 Å². The van der Waals surface area contributed by atoms with Gasteiger partial charge in [-0.3, -0.25) is 9.78 Å². The maximum absolute atomic E-state index is 15.9. The number of carboxylic acid groups (broad SMARTS) is 1. The molecule has 0 spiro atoms. The molecule has 1 aliphatic heterocycles. The number of halogens is 1. The van der Waals surface area contributed by atoms with E-state index < -0.39 is 48.7 Å². The van der Waals surface area contributed by atoms with Crippen LogP contribution >= 0.6 is 0 Å². The lowest BCUT2D eigenvalue weighted by Gasteiger charge is -2.31. The summed E-state index contributed by atoms with van der Waals surface area (Å²) < 4.78 is 59.2. The van der Waals surface area contributed by atoms with Crippen LogP contribution in [0.25, 0.3) is 22.4 Å². The molecule has 13 heteroatoms. The molecule has 7 rings (SSSR count). The highest BCUT2D eigenvalue weighted by molar-refractivity contribution is 7.91. The molecule has 3 aromatic heterocycles. The van der Waals surface area contributed by atoms with Crippen molar-refractivity contribution in [3.05, 3.63) is 89.3 Å². The molecule has 1 aliphatic carbocycles. The molecule has 2 aliphatic rings. The molecule has 2 aromatic carbocycles. The number of benzene rings is 2. The molecule has 1 unspecified atom stereocenters. The number of hydrogen-bond donors (Lipinski definition) is 2. The third kappa shape index (κ3) is 6.77. The lowest BCUT2D eigenvalue weighted by Crippen LogP contribution is -2.29. The van der Waals surface area contributed by atoms with Gasteiger partial charge in [0.05, 0.1) is 38.0 Å². The number of sulfone groups is 1. The van der Waals surface area contributed by atoms with Gasteiger partial charge in [0.2, 0.25) is 0 Å². The molecule has 1 fully saturated rings. The fraction of sp³-hybridized carbons (Fsp3) is 0.421. The minimum Gasteiger partial charge on any atom is -0.481 e. The summed E-state index contributed by atoms with van der Waals surface area (Å²) in [6, 6.07) is 14.2. The molecular weight excluding hydrogens is 690 g/mol. The van der Waals surface area contributed by atoms with E-state index >= 15 is 4.39 Å². The average Bonchev–Trinajstić information content (AvgIpc) is 3.51. The zero-order valence-corrected chi connectivity index (χ0v) is 30.8. The molecule has 51 heavy (non-hydrogen) atoms. The van der Waals surface area contributed by atoms with Gasteiger partial charge in [0.1, 0.15) is 11.5 Å². The van der Waals surface area contributed by atoms with Crippen molar-refractivity contribution in [2.45, 2.75) is 80.9 Å². The first-order valence-corrected chi connectivity index (χ1v) is 20.2. The number of nitrogens with zero attached hydrogens (tertiary/aromatic N) is 4. The lowest BCUT2D eigenvalue weighted by molar-refractivity contribution is -0.143. The Morgan fingerprint density at radius 3 is 2.61 bits per heavy atom. The van der Waals surface area contributed by atoms with Crippen LogP contribution in [0.3, 0.4) is 0 Å². The van der Waals surface area contributed by atoms with Crippen molar-refractivity contribution in [2.75, 3.05) is 11.5 Å². The standard InChI is InChI=1S/C38H42FN5O5S2/c1-36(2)12-6-13-37(3,25-8-5-7-24(19-25)22-38(14-15-38)35(45)46)34-42-33(44(4)43-34)31-20-26(9-16-41-31)50(47)32-28(11-18-51(48,49)23-36)27-10-17-40-30(27)21-29(32)39/h5,7-10,16-17,19-21,40H,6,11-15,18,22-23H2,1-4H3,(H,45,46)/t37-,50?/m1/s1. The summed E-state index contributed by atoms with van der Waals surface area (Å²) in [4.78, 5) is 24.8. The number of carboxylic acids is 1. The van der Waals surface area contributed by atoms with Crippen LogP contribution in [0.5, 0.6) is 0 Å². The summed E-state index contributed by atoms with van der Waals surface area (Å²) in [5.41, 5.74) is 1.15. The topological polar surface area (TPSA) is 148 Å². The van der Waals surface area contributed by atoms with Crippen LogP contribution in [-0.4, -0.2) is 59.9 Å². The first-order valence-electron chi connectivity index (χ1n) is 17.2. The molecule has 0 amide bonds. The number of aryl methyl sites for hydroxylation is 2. The molecular formula is C38H42FN5O5S2. The Morgan fingerprint density at radius 2 is 1.86 bits per heavy atom. The van der Waals surface area contributed by atoms with E-state index in [1.807, 2.05) is 32.0 Å². The van der Waals surface area contributed by atoms with Crippen molar-refractivity contribution >= 4 is 37.5 Å². The number of nitrogens with one attached hydrogen (secondary N) is 1. The van der Waals surface area contributed by atoms with Gasteiger partial charge in [-0.2, -0.15) is 5.10 Å². The quantitative estimate of drug-likeness (QED) is 0.212. The monoisotopic (exact) mass is 731 g/mol. The predicted octanol–water partition coefficient (Wildman–Crippen LogP) is 6.54. The van der Waals surface area contributed by atoms with E-state index in [2.05, 4.69) is 23.0 Å². The first-order chi connectivity index (χ1) is 24.1. The second kappa shape index (κ2) is 12.8. The van der Waals surface area contributed by atoms with E-state index in [0.717, 1.165) is 11.1 Å². The second-order valence-corrected chi connectivity index (χ2v) is 18.9. The Morgan fingerprint density at radius 1 is 1.08 bits per heavy atom. The van der Waals surface area contributed by atoms with Gasteiger partial charge in [0.25, 0.3) is 0 Å². The van der Waals surface area contributed by atoms with E-state index in [1.165, 1.54) is 12.3 Å². The van der Waals surface area contributed by atoms with E-state index in [9.17, 15) is 22.5 Å². The van der Waals surface area contributed by atoms with E-state index in [4.69, 9.17) is 10.1 Å². The number of fused-ring (bicyclic) bond motifs is 8. The van der Waals surface area contributed by atoms with E-state index in [0.29, 0.717) is 77.2 Å². The highest BCUT2D eigenvalue weighted by Gasteiger charge is 2.50. The average molecular weight is 732 g/mol. The maximum atomic E-state index is 15.9. The number of pyridine rings is 1. The van der Waals surface area contributed by atoms with Crippen molar-refractivity contribution < 1.29 is 26.9 Å². The number of carbonyl (C=O) groups is 1. The number of aliphatic carboxylic acids is 1. The van der Waals surface area contributed by atoms with Crippen molar-refractivity contribution in [1.82, 2.24) is 24.7 Å². The smallest absolute Gasteiger partial charge is 0.309 e. The molecule has 4 heterocycles. The SMILES string of the molecule is Cn1nc2nc1-c1cc(ccn1)S(=O)c1c(F)cc3[nH]ccc3c1CCS(=O)(=O)CC(C)(C)CCC[C@]2(C)c1cccc(CC2(C(=O)O)CC2)c1. The normalized spacial score (nSPS) is 22.8. The van der Waals surface area contributed by atoms with Crippen molar-refractivity contribution in [1.29, 1.82) is 0 Å². The second-order valence-electron chi connectivity index (χ2n) is 15.3. The summed E-state index contributed by atoms with van der Waals surface area (Å²) in [5.74, 6) is -0.757. The molecule has 0 saturated heterocycles. The van der Waals surface area contributed by atoms with Gasteiger partial charge in [-0.25, -0.2) is 26.7 Å². The number of hydrogen-bond acceptors (Lipinski definition) is 7. The summed E-state index contributed by atoms with van der Waals surface area (Å²) in [5, 5.41) is 15.4. The molecule has 1 saturated carbocycles. The van der Waals surface area contributed by atoms with Gasteiger partial charge in [-0.15, -0.1) is 0 Å². The minimum absolute atomic E-state index is 0.00770. The molecule has 5 aromatic rings. The molecule has 0 radical (unpaired) electrons. The molecule has 268 valence electrons. The summed E-state index contributed by atoms with van der Waals surface area (Å²) >= 11 is 0. The van der Waals surface area contributed by atoms with Crippen LogP contribution in [0.2, 0.25) is 0 Å². The first kappa shape index (κ1) is 35.2. The Hall–Kier alpha value is -4.23. The lowest BCUT2D eigenvalue weighted by atomic mass is 9.75. The number of aromatic nitrogens is 5. The largest absolute Gasteiger partial charge is 0.481 e. The van der Waals surface area contributed by atoms with Gasteiger partial charge in [-0.1, -0.05) is 44.5 Å². The van der Waals surface area contributed by atoms with Crippen LogP contribution < -0.4 is 0 Å². The van der Waals surface area contributed by atoms with Crippen LogP contribution in [0.15, 0.2) is 70.7 Å². The van der Waals surface area contributed by atoms with Crippen LogP contribution in [0, 0.1) is 16.6 Å². The molecule has 2 N–H and O–H groups in total. The summed E-state index contributed by atoms with van der Waals surface area (Å²) in [6.07, 6.45) is 6.78. The van der Waals surface area contributed by atoms with Crippen molar-refractivity contribution in [3.63, 3.8) is 0 Å². The number of aromatic amines is 1. The van der Waals surface area contributed by atoms with Crippen molar-refractivity contribution in [2.24, 2.45) is 17.9 Å². The van der Waals surface area contributed by atoms with Crippen LogP contribution in [-0.2, 0) is 50.7 Å². The van der Waals surface area contributed by atoms with Gasteiger partial charge < -0.3 is 10.1 Å². The third-order valence-electron chi connectivity index (χ3n) is 10.7. The zero-order valence-electron chi connectivity index (χ0n) is 29.2. The van der Waals surface area contributed by atoms with Gasteiger partial charge in [0, 0.05) is 35.2 Å². The highest BCUT2D eigenvalue weighted by atomic mass is 32.2. The molecule has 10 nitrogen and oxygen atoms in total. The van der Waals surface area contributed by atoms with Gasteiger partial charge in [0.15, 0.2) is 21.5 Å². The van der Waals surface area contributed by atoms with Crippen molar-refractivity contribution in [3.8, 4) is 11.5 Å². The van der Waals surface area contributed by atoms with Crippen LogP contribution in [0.1, 0.15) is 75.4 Å². The number of H-pyrrole nitrogens is 1. The Bertz CT molecular complexity index is 2310. The molecule has 2 atom stereocenters. The third-order valence-corrected chi connectivity index (χ3v) is 14.2. The predicted molar refractivity (Wildman–Crippen MR) is 193 cm³/mol. The Kier molecular flexibility index (Phi) is 8.81. The minimum atomic E-state index is -3.61. The van der Waals surface area contributed by atoms with E-state index in [1.54, 1.807) is 36.1 Å². The Labute approximate surface area is 299 Å². The maximum Gasteiger partial charge on any atom is 0.309 e. The fourth-order valence-corrected chi connectivity index (χ4v) is 10.9. The number of rotatable bonds is 4. The highest BCUT2D eigenvalue weighted by Crippen LogP contribution is 2.49.